The van der Waals surface area contributed by atoms with Crippen LogP contribution in [-0.2, 0) is 28.4 Å². The summed E-state index contributed by atoms with van der Waals surface area (Å²) in [6.07, 6.45) is -17.3. The van der Waals surface area contributed by atoms with Crippen LogP contribution >= 0.6 is 0 Å². The summed E-state index contributed by atoms with van der Waals surface area (Å²) in [6.45, 7) is 0.191. The highest BCUT2D eigenvalue weighted by molar-refractivity contribution is 5.86. The van der Waals surface area contributed by atoms with Gasteiger partial charge in [-0.05, 0) is 60.4 Å². The molecular formula is C37H30F11N3O5. The summed E-state index contributed by atoms with van der Waals surface area (Å²) in [4.78, 5) is 41.5. The molecule has 1 saturated heterocycles. The summed E-state index contributed by atoms with van der Waals surface area (Å²) in [7, 11) is 0. The molecule has 2 unspecified atom stereocenters. The molecule has 56 heavy (non-hydrogen) atoms. The lowest BCUT2D eigenvalue weighted by atomic mass is 9.72. The van der Waals surface area contributed by atoms with Crippen molar-refractivity contribution in [1.82, 2.24) is 14.8 Å². The molecule has 0 radical (unpaired) electrons. The number of carboxylic acids is 1. The van der Waals surface area contributed by atoms with Gasteiger partial charge < -0.3 is 15.2 Å². The summed E-state index contributed by atoms with van der Waals surface area (Å²) >= 11 is 0. The van der Waals surface area contributed by atoms with Crippen molar-refractivity contribution in [2.45, 2.75) is 62.2 Å². The molecule has 0 saturated carbocycles. The van der Waals surface area contributed by atoms with Gasteiger partial charge in [0.1, 0.15) is 29.4 Å². The fourth-order valence-electron chi connectivity index (χ4n) is 7.29. The molecule has 3 aromatic rings. The second-order valence-corrected chi connectivity index (χ2v) is 13.8. The van der Waals surface area contributed by atoms with E-state index < -0.39 is 118 Å². The number of pyridine rings is 1. The summed E-state index contributed by atoms with van der Waals surface area (Å²) in [5.41, 5.74) is -12.6. The number of carboxylic acid groups (broad SMARTS) is 1. The molecule has 3 aliphatic rings. The Labute approximate surface area is 309 Å². The second-order valence-electron chi connectivity index (χ2n) is 13.8. The molecule has 2 aromatic carbocycles. The molecule has 1 fully saturated rings. The molecule has 2 aliphatic heterocycles. The number of fused-ring (bicyclic) bond motifs is 5. The maximum atomic E-state index is 16.7. The molecule has 19 heteroatoms. The van der Waals surface area contributed by atoms with E-state index in [0.29, 0.717) is 29.8 Å². The summed E-state index contributed by atoms with van der Waals surface area (Å²) in [6, 6.07) is 3.00. The lowest BCUT2D eigenvalue weighted by Crippen LogP contribution is -2.53. The standard InChI is InChI=1S/C37H30F11N3O5/c1-34(39)25-11-20(12-28(34)37(46,47)48)31-23(35(40,41)42)6-3-7-27(31)56-22-5-2-4-18(10-22)32(33(55)49-26(25)14-30(53)54)51-15-19(8-9-50-16-21(38)17-50)24(13-29(51)52)36(43,44)45/h2-7,10-13,15,21,25-26,32H,8-9,14,16-17H2,1H3,(H,49,55)(H,53,54)/t25?,26-,32-,34?/m0/s1. The van der Waals surface area contributed by atoms with Crippen molar-refractivity contribution in [2.24, 2.45) is 5.92 Å². The van der Waals surface area contributed by atoms with Crippen molar-refractivity contribution >= 4 is 17.4 Å². The largest absolute Gasteiger partial charge is 0.481 e. The zero-order valence-electron chi connectivity index (χ0n) is 28.8. The minimum Gasteiger partial charge on any atom is -0.481 e. The van der Waals surface area contributed by atoms with Crippen LogP contribution in [0.2, 0.25) is 0 Å². The first-order valence-electron chi connectivity index (χ1n) is 16.8. The first-order valence-corrected chi connectivity index (χ1v) is 16.8. The Bertz CT molecular complexity index is 2170. The maximum Gasteiger partial charge on any atom is 0.417 e. The number of nitrogens with one attached hydrogen (secondary N) is 1. The highest BCUT2D eigenvalue weighted by Crippen LogP contribution is 2.51. The van der Waals surface area contributed by atoms with Crippen LogP contribution in [0, 0.1) is 5.92 Å². The quantitative estimate of drug-likeness (QED) is 0.248. The number of allylic oxidation sites excluding steroid dienone is 3. The molecule has 1 aliphatic carbocycles. The van der Waals surface area contributed by atoms with Crippen molar-refractivity contribution in [2.75, 3.05) is 19.6 Å². The van der Waals surface area contributed by atoms with Gasteiger partial charge in [-0.1, -0.05) is 24.3 Å². The molecule has 300 valence electrons. The van der Waals surface area contributed by atoms with Crippen LogP contribution in [0.1, 0.15) is 47.2 Å². The van der Waals surface area contributed by atoms with E-state index >= 15 is 4.39 Å². The number of halogens is 11. The zero-order chi connectivity index (χ0) is 41.1. The molecule has 3 heterocycles. The summed E-state index contributed by atoms with van der Waals surface area (Å²) in [5, 5.41) is 12.0. The van der Waals surface area contributed by atoms with Crippen LogP contribution in [0.4, 0.5) is 48.3 Å². The fraction of sp³-hybridized carbons (Fsp3) is 0.378. The Morgan fingerprint density at radius 3 is 2.21 bits per heavy atom. The van der Waals surface area contributed by atoms with E-state index in [2.05, 4.69) is 5.32 Å². The molecular weight excluding hydrogens is 775 g/mol. The third kappa shape index (κ3) is 8.03. The number of likely N-dealkylation sites (tertiary alicyclic amines) is 1. The number of alkyl halides is 11. The van der Waals surface area contributed by atoms with Gasteiger partial charge in [0.05, 0.1) is 23.1 Å². The fourth-order valence-corrected chi connectivity index (χ4v) is 7.29. The molecule has 1 amide bonds. The molecule has 6 rings (SSSR count). The number of carbonyl (C=O) groups is 2. The number of carbonyl (C=O) groups excluding carboxylic acids is 1. The van der Waals surface area contributed by atoms with Gasteiger partial charge in [0.2, 0.25) is 5.91 Å². The van der Waals surface area contributed by atoms with Gasteiger partial charge in [-0.2, -0.15) is 39.5 Å². The number of benzene rings is 2. The van der Waals surface area contributed by atoms with Gasteiger partial charge in [-0.25, -0.2) is 8.78 Å². The average molecular weight is 806 g/mol. The van der Waals surface area contributed by atoms with Crippen molar-refractivity contribution in [3.05, 3.63) is 111 Å². The molecule has 2 N–H and O–H groups in total. The van der Waals surface area contributed by atoms with Crippen molar-refractivity contribution in [3.8, 4) is 11.5 Å². The Hall–Kier alpha value is -5.20. The SMILES string of the molecule is CC1(F)C(C(F)(F)F)=CC2=CC1[C@H](CC(=O)O)NC(=O)[C@@H](n1cc(CCN3CC(F)C3)c(C(F)(F)F)cc1=O)c1cccc(c1)Oc1cccc(C(F)(F)F)c12. The molecule has 0 spiro atoms. The average Bonchev–Trinajstić information content (AvgIpc) is 3.05. The smallest absolute Gasteiger partial charge is 0.417 e. The third-order valence-electron chi connectivity index (χ3n) is 9.90. The minimum atomic E-state index is -5.55. The molecule has 4 bridgehead atoms. The first kappa shape index (κ1) is 40.5. The highest BCUT2D eigenvalue weighted by Gasteiger charge is 2.55. The number of hydrogen-bond donors (Lipinski definition) is 2. The third-order valence-corrected chi connectivity index (χ3v) is 9.90. The maximum absolute atomic E-state index is 16.7. The Morgan fingerprint density at radius 1 is 0.946 bits per heavy atom. The van der Waals surface area contributed by atoms with E-state index in [1.807, 2.05) is 0 Å². The normalized spacial score (nSPS) is 23.6. The number of aliphatic carboxylic acids is 1. The number of rotatable bonds is 6. The van der Waals surface area contributed by atoms with E-state index in [-0.39, 0.29) is 43.1 Å². The van der Waals surface area contributed by atoms with Gasteiger partial charge >= 0.3 is 24.5 Å². The number of nitrogens with zero attached hydrogens (tertiary/aromatic N) is 2. The van der Waals surface area contributed by atoms with Gasteiger partial charge in [0, 0.05) is 49.4 Å². The monoisotopic (exact) mass is 805 g/mol. The van der Waals surface area contributed by atoms with Crippen LogP contribution in [0.5, 0.6) is 11.5 Å². The van der Waals surface area contributed by atoms with Crippen molar-refractivity contribution in [3.63, 3.8) is 0 Å². The van der Waals surface area contributed by atoms with Gasteiger partial charge in [-0.15, -0.1) is 0 Å². The van der Waals surface area contributed by atoms with Gasteiger partial charge in [-0.3, -0.25) is 23.9 Å². The Morgan fingerprint density at radius 2 is 1.61 bits per heavy atom. The number of amides is 1. The predicted molar refractivity (Wildman–Crippen MR) is 176 cm³/mol. The van der Waals surface area contributed by atoms with Gasteiger partial charge in [0.25, 0.3) is 5.56 Å². The lowest BCUT2D eigenvalue weighted by molar-refractivity contribution is -0.139. The van der Waals surface area contributed by atoms with Crippen LogP contribution in [0.3, 0.4) is 0 Å². The number of hydrogen-bond acceptors (Lipinski definition) is 5. The van der Waals surface area contributed by atoms with E-state index in [9.17, 15) is 63.4 Å². The predicted octanol–water partition coefficient (Wildman–Crippen LogP) is 7.67. The molecule has 4 atom stereocenters. The van der Waals surface area contributed by atoms with Crippen LogP contribution in [-0.4, -0.2) is 70.1 Å². The summed E-state index contributed by atoms with van der Waals surface area (Å²) < 4.78 is 167. The number of aromatic nitrogens is 1. The Balaban J connectivity index is 1.61. The zero-order valence-corrected chi connectivity index (χ0v) is 28.8. The van der Waals surface area contributed by atoms with E-state index in [1.165, 1.54) is 23.1 Å². The van der Waals surface area contributed by atoms with Gasteiger partial charge in [0.15, 0.2) is 0 Å². The van der Waals surface area contributed by atoms with Crippen LogP contribution in [0.15, 0.2) is 77.2 Å². The second kappa shape index (κ2) is 14.4. The van der Waals surface area contributed by atoms with E-state index in [1.54, 1.807) is 0 Å². The molecule has 8 nitrogen and oxygen atoms in total. The summed E-state index contributed by atoms with van der Waals surface area (Å²) in [5.74, 6) is -6.58. The van der Waals surface area contributed by atoms with Crippen molar-refractivity contribution < 1.29 is 67.7 Å². The van der Waals surface area contributed by atoms with E-state index in [0.717, 1.165) is 18.2 Å². The van der Waals surface area contributed by atoms with Crippen LogP contribution < -0.4 is 15.6 Å². The first-order chi connectivity index (χ1) is 25.9. The van der Waals surface area contributed by atoms with E-state index in [4.69, 9.17) is 4.74 Å². The van der Waals surface area contributed by atoms with Crippen molar-refractivity contribution in [1.29, 1.82) is 0 Å². The molecule has 1 aromatic heterocycles. The number of ether oxygens (including phenoxy) is 1. The minimum absolute atomic E-state index is 0.0621. The lowest BCUT2D eigenvalue weighted by Gasteiger charge is -2.40. The topological polar surface area (TPSA) is 101 Å². The van der Waals surface area contributed by atoms with Crippen LogP contribution in [0.25, 0.3) is 5.57 Å². The Kier molecular flexibility index (Phi) is 10.4. The highest BCUT2D eigenvalue weighted by atomic mass is 19.4.